The van der Waals surface area contributed by atoms with E-state index < -0.39 is 12.1 Å². The van der Waals surface area contributed by atoms with Gasteiger partial charge < -0.3 is 14.8 Å². The van der Waals surface area contributed by atoms with E-state index in [1.54, 1.807) is 24.6 Å². The Labute approximate surface area is 185 Å². The highest BCUT2D eigenvalue weighted by molar-refractivity contribution is 6.07. The summed E-state index contributed by atoms with van der Waals surface area (Å²) in [6.45, 7) is 0.539. The monoisotopic (exact) mass is 457 g/mol. The number of amides is 1. The number of para-hydroxylation sites is 1. The average Bonchev–Trinajstić information content (AvgIpc) is 3.34. The second-order valence-corrected chi connectivity index (χ2v) is 6.72. The molecule has 7 nitrogen and oxygen atoms in total. The van der Waals surface area contributed by atoms with Crippen LogP contribution in [0.5, 0.6) is 0 Å². The summed E-state index contributed by atoms with van der Waals surface area (Å²) in [7, 11) is 0. The first kappa shape index (κ1) is 23.5. The van der Waals surface area contributed by atoms with Crippen molar-refractivity contribution >= 4 is 22.8 Å². The third-order valence-corrected chi connectivity index (χ3v) is 4.40. The second-order valence-electron chi connectivity index (χ2n) is 6.72. The fourth-order valence-electron chi connectivity index (χ4n) is 2.88. The fraction of sp³-hybridized carbons (Fsp3) is 0.130. The van der Waals surface area contributed by atoms with Crippen LogP contribution in [0.15, 0.2) is 77.7 Å². The van der Waals surface area contributed by atoms with E-state index in [1.807, 2.05) is 48.7 Å². The number of fused-ring (bicyclic) bond motifs is 1. The van der Waals surface area contributed by atoms with E-state index in [2.05, 4.69) is 15.3 Å². The van der Waals surface area contributed by atoms with Crippen LogP contribution in [0.25, 0.3) is 22.4 Å². The van der Waals surface area contributed by atoms with Crippen molar-refractivity contribution in [3.63, 3.8) is 0 Å². The van der Waals surface area contributed by atoms with Crippen LogP contribution in [0.4, 0.5) is 13.2 Å². The van der Waals surface area contributed by atoms with Crippen LogP contribution in [0, 0.1) is 0 Å². The second kappa shape index (κ2) is 10.4. The number of carbonyl (C=O) groups is 2. The Bertz CT molecular complexity index is 1230. The van der Waals surface area contributed by atoms with E-state index in [0.29, 0.717) is 23.6 Å². The van der Waals surface area contributed by atoms with Crippen molar-refractivity contribution in [3.05, 3.63) is 84.4 Å². The van der Waals surface area contributed by atoms with Gasteiger partial charge in [-0.3, -0.25) is 9.78 Å². The lowest BCUT2D eigenvalue weighted by molar-refractivity contribution is -0.192. The van der Waals surface area contributed by atoms with Gasteiger partial charge in [0.05, 0.1) is 17.3 Å². The smallest absolute Gasteiger partial charge is 0.475 e. The molecule has 3 heterocycles. The number of hydrogen-bond acceptors (Lipinski definition) is 5. The maximum absolute atomic E-state index is 12.8. The number of benzene rings is 1. The molecule has 4 aromatic rings. The summed E-state index contributed by atoms with van der Waals surface area (Å²) in [6.07, 6.45) is 0.790. The molecule has 0 bridgehead atoms. The number of carboxylic acids is 1. The number of aliphatic carboxylic acids is 1. The minimum absolute atomic E-state index is 0.125. The predicted molar refractivity (Wildman–Crippen MR) is 113 cm³/mol. The van der Waals surface area contributed by atoms with Crippen molar-refractivity contribution < 1.29 is 32.3 Å². The van der Waals surface area contributed by atoms with E-state index in [1.165, 1.54) is 0 Å². The molecule has 4 rings (SSSR count). The molecule has 3 aromatic heterocycles. The molecule has 0 saturated heterocycles. The van der Waals surface area contributed by atoms with Crippen LogP contribution in [-0.4, -0.2) is 39.7 Å². The molecule has 170 valence electrons. The Morgan fingerprint density at radius 1 is 1.06 bits per heavy atom. The molecule has 0 saturated carbocycles. The Kier molecular flexibility index (Phi) is 7.39. The molecule has 0 aliphatic rings. The lowest BCUT2D eigenvalue weighted by atomic mass is 10.1. The minimum atomic E-state index is -5.08. The number of nitrogens with one attached hydrogen (secondary N) is 1. The zero-order valence-corrected chi connectivity index (χ0v) is 17.0. The summed E-state index contributed by atoms with van der Waals surface area (Å²) in [5.74, 6) is -2.24. The first-order valence-corrected chi connectivity index (χ1v) is 9.66. The van der Waals surface area contributed by atoms with Gasteiger partial charge >= 0.3 is 12.1 Å². The highest BCUT2D eigenvalue weighted by atomic mass is 19.4. The fourth-order valence-corrected chi connectivity index (χ4v) is 2.88. The molecule has 0 radical (unpaired) electrons. The van der Waals surface area contributed by atoms with E-state index in [4.69, 9.17) is 14.3 Å². The first-order chi connectivity index (χ1) is 15.8. The van der Waals surface area contributed by atoms with Crippen LogP contribution in [0.2, 0.25) is 0 Å². The van der Waals surface area contributed by atoms with E-state index >= 15 is 0 Å². The molecule has 33 heavy (non-hydrogen) atoms. The van der Waals surface area contributed by atoms with Crippen molar-refractivity contribution in [1.82, 2.24) is 15.3 Å². The minimum Gasteiger partial charge on any atom is -0.475 e. The number of alkyl halides is 3. The van der Waals surface area contributed by atoms with Crippen LogP contribution < -0.4 is 5.32 Å². The van der Waals surface area contributed by atoms with Gasteiger partial charge in [-0.1, -0.05) is 24.3 Å². The van der Waals surface area contributed by atoms with E-state index in [9.17, 15) is 18.0 Å². The zero-order valence-electron chi connectivity index (χ0n) is 17.0. The summed E-state index contributed by atoms with van der Waals surface area (Å²) < 4.78 is 37.2. The van der Waals surface area contributed by atoms with Gasteiger partial charge in [-0.2, -0.15) is 13.2 Å². The number of halogens is 3. The average molecular weight is 457 g/mol. The van der Waals surface area contributed by atoms with Crippen molar-refractivity contribution in [3.8, 4) is 11.5 Å². The summed E-state index contributed by atoms with van der Waals surface area (Å²) in [5.41, 5.74) is 3.08. The Morgan fingerprint density at radius 3 is 2.45 bits per heavy atom. The number of hydrogen-bond donors (Lipinski definition) is 2. The molecule has 10 heteroatoms. The van der Waals surface area contributed by atoms with Gasteiger partial charge in [0.25, 0.3) is 5.91 Å². The normalized spacial score (nSPS) is 10.9. The van der Waals surface area contributed by atoms with Crippen molar-refractivity contribution in [2.24, 2.45) is 0 Å². The van der Waals surface area contributed by atoms with Crippen LogP contribution in [0.1, 0.15) is 15.9 Å². The molecule has 0 aliphatic heterocycles. The third-order valence-electron chi connectivity index (χ3n) is 4.40. The molecule has 0 aliphatic carbocycles. The van der Waals surface area contributed by atoms with Crippen LogP contribution in [0.3, 0.4) is 0 Å². The van der Waals surface area contributed by atoms with Gasteiger partial charge in [-0.25, -0.2) is 9.78 Å². The van der Waals surface area contributed by atoms with E-state index in [0.717, 1.165) is 22.9 Å². The van der Waals surface area contributed by atoms with Gasteiger partial charge in [0, 0.05) is 24.3 Å². The van der Waals surface area contributed by atoms with E-state index in [-0.39, 0.29) is 5.91 Å². The van der Waals surface area contributed by atoms with Gasteiger partial charge in [-0.05, 0) is 42.3 Å². The number of nitrogens with zero attached hydrogens (tertiary/aromatic N) is 2. The van der Waals surface area contributed by atoms with Crippen molar-refractivity contribution in [2.45, 2.75) is 12.6 Å². The maximum atomic E-state index is 12.8. The SMILES string of the molecule is O=C(NCCc1cccnc1)c1cc(-c2ccco2)nc2ccccc12.O=C(O)C(F)(F)F. The predicted octanol–water partition coefficient (Wildman–Crippen LogP) is 4.50. The number of furan rings is 1. The Hall–Kier alpha value is -4.21. The highest BCUT2D eigenvalue weighted by Crippen LogP contribution is 2.25. The van der Waals surface area contributed by atoms with Gasteiger partial charge in [0.15, 0.2) is 5.76 Å². The first-order valence-electron chi connectivity index (χ1n) is 9.66. The molecule has 2 N–H and O–H groups in total. The van der Waals surface area contributed by atoms with Gasteiger partial charge in [0.1, 0.15) is 5.69 Å². The number of carbonyl (C=O) groups excluding carboxylic acids is 1. The van der Waals surface area contributed by atoms with Crippen LogP contribution in [-0.2, 0) is 11.2 Å². The number of rotatable bonds is 5. The highest BCUT2D eigenvalue weighted by Gasteiger charge is 2.38. The summed E-state index contributed by atoms with van der Waals surface area (Å²) in [5, 5.41) is 10.9. The van der Waals surface area contributed by atoms with Crippen LogP contribution >= 0.6 is 0 Å². The molecular formula is C23H18F3N3O4. The topological polar surface area (TPSA) is 105 Å². The number of carboxylic acid groups (broad SMARTS) is 1. The quantitative estimate of drug-likeness (QED) is 0.457. The number of aromatic nitrogens is 2. The largest absolute Gasteiger partial charge is 0.490 e. The molecule has 0 spiro atoms. The lowest BCUT2D eigenvalue weighted by Crippen LogP contribution is -2.26. The maximum Gasteiger partial charge on any atom is 0.490 e. The Morgan fingerprint density at radius 2 is 1.82 bits per heavy atom. The lowest BCUT2D eigenvalue weighted by Gasteiger charge is -2.10. The summed E-state index contributed by atoms with van der Waals surface area (Å²) in [6, 6.07) is 16.9. The third kappa shape index (κ3) is 6.39. The molecule has 0 unspecified atom stereocenters. The summed E-state index contributed by atoms with van der Waals surface area (Å²) in [4.78, 5) is 30.4. The van der Waals surface area contributed by atoms with Crippen molar-refractivity contribution in [2.75, 3.05) is 6.54 Å². The van der Waals surface area contributed by atoms with Crippen molar-refractivity contribution in [1.29, 1.82) is 0 Å². The van der Waals surface area contributed by atoms with Gasteiger partial charge in [-0.15, -0.1) is 0 Å². The molecule has 0 fully saturated rings. The molecule has 1 aromatic carbocycles. The molecule has 1 amide bonds. The number of pyridine rings is 2. The zero-order chi connectivity index (χ0) is 23.8. The standard InChI is InChI=1S/C21H17N3O2.C2HF3O2/c25-21(23-11-9-15-5-3-10-22-14-15)17-13-19(20-8-4-12-26-20)24-18-7-2-1-6-16(17)18;3-2(4,5)1(6)7/h1-8,10,12-14H,9,11H2,(H,23,25);(H,6,7). The molecule has 0 atom stereocenters. The Balaban J connectivity index is 0.000000383. The summed E-state index contributed by atoms with van der Waals surface area (Å²) >= 11 is 0. The van der Waals surface area contributed by atoms with Gasteiger partial charge in [0.2, 0.25) is 0 Å². The molecular weight excluding hydrogens is 439 g/mol.